The van der Waals surface area contributed by atoms with Crippen LogP contribution < -0.4 is 4.74 Å². The topological polar surface area (TPSA) is 22.1 Å². The van der Waals surface area contributed by atoms with Gasteiger partial charge in [0, 0.05) is 10.7 Å². The van der Waals surface area contributed by atoms with E-state index in [2.05, 4.69) is 20.9 Å². The number of benzene rings is 1. The minimum absolute atomic E-state index is 0.0444. The molecule has 0 unspecified atom stereocenters. The van der Waals surface area contributed by atoms with E-state index in [0.717, 1.165) is 16.7 Å². The lowest BCUT2D eigenvalue weighted by atomic mass is 10.2. The summed E-state index contributed by atoms with van der Waals surface area (Å²) in [6, 6.07) is 7.72. The van der Waals surface area contributed by atoms with Crippen molar-refractivity contribution in [2.24, 2.45) is 0 Å². The predicted octanol–water partition coefficient (Wildman–Crippen LogP) is 4.66. The van der Waals surface area contributed by atoms with Crippen LogP contribution in [0.4, 0.5) is 13.2 Å². The van der Waals surface area contributed by atoms with E-state index < -0.39 is 11.7 Å². The molecule has 1 aromatic carbocycles. The van der Waals surface area contributed by atoms with Gasteiger partial charge in [-0.25, -0.2) is 0 Å². The highest BCUT2D eigenvalue weighted by Crippen LogP contribution is 2.32. The second-order valence-corrected chi connectivity index (χ2v) is 4.38. The van der Waals surface area contributed by atoms with E-state index in [4.69, 9.17) is 4.74 Å². The van der Waals surface area contributed by atoms with Crippen LogP contribution in [0.5, 0.6) is 11.5 Å². The van der Waals surface area contributed by atoms with Gasteiger partial charge < -0.3 is 4.74 Å². The van der Waals surface area contributed by atoms with Crippen LogP contribution in [0.15, 0.2) is 47.2 Å². The second kappa shape index (κ2) is 4.97. The number of nitrogens with zero attached hydrogens (tertiary/aromatic N) is 1. The average Bonchev–Trinajstić information content (AvgIpc) is 2.28. The Labute approximate surface area is 110 Å². The highest BCUT2D eigenvalue weighted by Gasteiger charge is 2.31. The first-order chi connectivity index (χ1) is 8.45. The Kier molecular flexibility index (Phi) is 3.56. The van der Waals surface area contributed by atoms with Crippen LogP contribution in [0, 0.1) is 0 Å². The molecule has 1 heterocycles. The Balaban J connectivity index is 2.25. The number of ether oxygens (including phenoxy) is 1. The second-order valence-electron chi connectivity index (χ2n) is 3.47. The molecule has 1 aromatic heterocycles. The zero-order chi connectivity index (χ0) is 13.2. The van der Waals surface area contributed by atoms with Crippen LogP contribution in [0.1, 0.15) is 5.56 Å². The maximum absolute atomic E-state index is 12.5. The maximum atomic E-state index is 12.5. The monoisotopic (exact) mass is 317 g/mol. The summed E-state index contributed by atoms with van der Waals surface area (Å²) in [5.41, 5.74) is -0.838. The first-order valence-corrected chi connectivity index (χ1v) is 5.70. The van der Waals surface area contributed by atoms with Gasteiger partial charge in [0.1, 0.15) is 11.5 Å². The summed E-state index contributed by atoms with van der Waals surface area (Å²) in [7, 11) is 0. The van der Waals surface area contributed by atoms with Crippen molar-refractivity contribution in [2.45, 2.75) is 6.18 Å². The zero-order valence-corrected chi connectivity index (χ0v) is 10.5. The highest BCUT2D eigenvalue weighted by molar-refractivity contribution is 9.10. The SMILES string of the molecule is FC(F)(F)c1cncc(Oc2cccc(Br)c2)c1. The number of alkyl halides is 3. The molecule has 0 saturated heterocycles. The Morgan fingerprint density at radius 3 is 2.50 bits per heavy atom. The molecular weight excluding hydrogens is 311 g/mol. The van der Waals surface area contributed by atoms with Crippen molar-refractivity contribution in [3.63, 3.8) is 0 Å². The number of hydrogen-bond acceptors (Lipinski definition) is 2. The lowest BCUT2D eigenvalue weighted by molar-refractivity contribution is -0.137. The summed E-state index contributed by atoms with van der Waals surface area (Å²) in [4.78, 5) is 3.51. The average molecular weight is 318 g/mol. The van der Waals surface area contributed by atoms with E-state index in [-0.39, 0.29) is 5.75 Å². The molecule has 94 valence electrons. The molecule has 0 radical (unpaired) electrons. The molecule has 18 heavy (non-hydrogen) atoms. The molecular formula is C12H7BrF3NO. The Bertz CT molecular complexity index is 557. The van der Waals surface area contributed by atoms with Gasteiger partial charge in [0.15, 0.2) is 0 Å². The van der Waals surface area contributed by atoms with Crippen LogP contribution in [0.25, 0.3) is 0 Å². The van der Waals surface area contributed by atoms with Gasteiger partial charge in [0.25, 0.3) is 0 Å². The Morgan fingerprint density at radius 1 is 1.06 bits per heavy atom. The van der Waals surface area contributed by atoms with Crippen molar-refractivity contribution in [2.75, 3.05) is 0 Å². The van der Waals surface area contributed by atoms with Crippen LogP contribution in [-0.2, 0) is 6.18 Å². The van der Waals surface area contributed by atoms with E-state index >= 15 is 0 Å². The number of hydrogen-bond donors (Lipinski definition) is 0. The maximum Gasteiger partial charge on any atom is 0.418 e. The fraction of sp³-hybridized carbons (Fsp3) is 0.0833. The van der Waals surface area contributed by atoms with E-state index in [0.29, 0.717) is 5.75 Å². The van der Waals surface area contributed by atoms with Gasteiger partial charge in [0.05, 0.1) is 11.8 Å². The summed E-state index contributed by atoms with van der Waals surface area (Å²) in [6.45, 7) is 0. The Hall–Kier alpha value is -1.56. The first kappa shape index (κ1) is 12.9. The third-order valence-electron chi connectivity index (χ3n) is 2.07. The molecule has 2 aromatic rings. The molecule has 0 fully saturated rings. The van der Waals surface area contributed by atoms with E-state index in [9.17, 15) is 13.2 Å². The molecule has 0 aliphatic rings. The van der Waals surface area contributed by atoms with Crippen molar-refractivity contribution < 1.29 is 17.9 Å². The Morgan fingerprint density at radius 2 is 1.83 bits per heavy atom. The quantitative estimate of drug-likeness (QED) is 0.804. The summed E-state index contributed by atoms with van der Waals surface area (Å²) in [5.74, 6) is 0.480. The minimum atomic E-state index is -4.43. The fourth-order valence-corrected chi connectivity index (χ4v) is 1.67. The van der Waals surface area contributed by atoms with E-state index in [1.807, 2.05) is 0 Å². The van der Waals surface area contributed by atoms with Crippen molar-refractivity contribution in [3.8, 4) is 11.5 Å². The lowest BCUT2D eigenvalue weighted by Gasteiger charge is -2.09. The van der Waals surface area contributed by atoms with Crippen molar-refractivity contribution in [1.82, 2.24) is 4.98 Å². The number of aromatic nitrogens is 1. The standard InChI is InChI=1S/C12H7BrF3NO/c13-9-2-1-3-10(5-9)18-11-4-8(6-17-7-11)12(14,15)16/h1-7H. The van der Waals surface area contributed by atoms with Gasteiger partial charge in [-0.3, -0.25) is 4.98 Å². The van der Waals surface area contributed by atoms with Crippen molar-refractivity contribution in [1.29, 1.82) is 0 Å². The normalized spacial score (nSPS) is 11.3. The van der Waals surface area contributed by atoms with Gasteiger partial charge in [0.2, 0.25) is 0 Å². The zero-order valence-electron chi connectivity index (χ0n) is 8.91. The lowest BCUT2D eigenvalue weighted by Crippen LogP contribution is -2.05. The van der Waals surface area contributed by atoms with Crippen LogP contribution >= 0.6 is 15.9 Å². The van der Waals surface area contributed by atoms with Gasteiger partial charge in [-0.2, -0.15) is 13.2 Å². The molecule has 0 aliphatic heterocycles. The summed E-state index contributed by atoms with van der Waals surface area (Å²) >= 11 is 3.25. The predicted molar refractivity (Wildman–Crippen MR) is 63.5 cm³/mol. The first-order valence-electron chi connectivity index (χ1n) is 4.91. The van der Waals surface area contributed by atoms with Crippen LogP contribution in [0.2, 0.25) is 0 Å². The van der Waals surface area contributed by atoms with Gasteiger partial charge >= 0.3 is 6.18 Å². The molecule has 0 saturated carbocycles. The van der Waals surface area contributed by atoms with Gasteiger partial charge in [-0.05, 0) is 24.3 Å². The molecule has 0 atom stereocenters. The summed E-state index contributed by atoms with van der Waals surface area (Å²) in [5, 5.41) is 0. The van der Waals surface area contributed by atoms with Crippen LogP contribution in [0.3, 0.4) is 0 Å². The molecule has 2 nitrogen and oxygen atoms in total. The largest absolute Gasteiger partial charge is 0.456 e. The molecule has 0 spiro atoms. The molecule has 0 bridgehead atoms. The number of pyridine rings is 1. The molecule has 0 aliphatic carbocycles. The molecule has 6 heteroatoms. The third kappa shape index (κ3) is 3.22. The van der Waals surface area contributed by atoms with Crippen molar-refractivity contribution in [3.05, 3.63) is 52.8 Å². The van der Waals surface area contributed by atoms with Crippen LogP contribution in [-0.4, -0.2) is 4.98 Å². The van der Waals surface area contributed by atoms with Crippen molar-refractivity contribution >= 4 is 15.9 Å². The van der Waals surface area contributed by atoms with Gasteiger partial charge in [-0.15, -0.1) is 0 Å². The third-order valence-corrected chi connectivity index (χ3v) is 2.57. The number of halogens is 4. The number of rotatable bonds is 2. The summed E-state index contributed by atoms with van der Waals surface area (Å²) in [6.07, 6.45) is -2.44. The fourth-order valence-electron chi connectivity index (χ4n) is 1.30. The molecule has 0 N–H and O–H groups in total. The minimum Gasteiger partial charge on any atom is -0.456 e. The smallest absolute Gasteiger partial charge is 0.418 e. The highest BCUT2D eigenvalue weighted by atomic mass is 79.9. The summed E-state index contributed by atoms with van der Waals surface area (Å²) < 4.78 is 43.5. The molecule has 2 rings (SSSR count). The van der Waals surface area contributed by atoms with E-state index in [1.165, 1.54) is 6.20 Å². The van der Waals surface area contributed by atoms with Gasteiger partial charge in [-0.1, -0.05) is 22.0 Å². The van der Waals surface area contributed by atoms with E-state index in [1.54, 1.807) is 24.3 Å². The molecule has 0 amide bonds.